The number of halogens is 1. The van der Waals surface area contributed by atoms with Crippen molar-refractivity contribution in [2.75, 3.05) is 20.1 Å². The Labute approximate surface area is 146 Å². The number of H-pyrrole nitrogens is 1. The van der Waals surface area contributed by atoms with Gasteiger partial charge in [0.15, 0.2) is 0 Å². The van der Waals surface area contributed by atoms with Gasteiger partial charge < -0.3 is 14.3 Å². The van der Waals surface area contributed by atoms with Crippen molar-refractivity contribution < 1.29 is 4.42 Å². The van der Waals surface area contributed by atoms with E-state index in [-0.39, 0.29) is 5.56 Å². The predicted octanol–water partition coefficient (Wildman–Crippen LogP) is 2.32. The van der Waals surface area contributed by atoms with Crippen LogP contribution in [0.1, 0.15) is 12.2 Å². The Bertz CT molecular complexity index is 1010. The standard InChI is InChI=1S/C17H17BrN4O2/c1-21-6-11-5-10(21)7-22(11)8-14-19-15-12-4-9(18)2-3-13(12)24-16(15)17(23)20-14/h2-4,10-11H,5-8H2,1H3,(H,19,20,23)/t10-,11-/m0/s1. The lowest BCUT2D eigenvalue weighted by Crippen LogP contribution is -2.44. The van der Waals surface area contributed by atoms with Gasteiger partial charge in [-0.3, -0.25) is 9.69 Å². The summed E-state index contributed by atoms with van der Waals surface area (Å²) in [6.45, 7) is 2.82. The number of likely N-dealkylation sites (tertiary alicyclic amines) is 2. The number of rotatable bonds is 2. The quantitative estimate of drug-likeness (QED) is 0.729. The second-order valence-electron chi connectivity index (χ2n) is 6.85. The van der Waals surface area contributed by atoms with Crippen LogP contribution in [0, 0.1) is 0 Å². The zero-order chi connectivity index (χ0) is 16.4. The summed E-state index contributed by atoms with van der Waals surface area (Å²) < 4.78 is 6.62. The maximum atomic E-state index is 12.4. The smallest absolute Gasteiger partial charge is 0.294 e. The van der Waals surface area contributed by atoms with E-state index in [4.69, 9.17) is 9.40 Å². The fourth-order valence-electron chi connectivity index (χ4n) is 4.08. The highest BCUT2D eigenvalue weighted by Crippen LogP contribution is 2.31. The van der Waals surface area contributed by atoms with Gasteiger partial charge in [0, 0.05) is 35.0 Å². The molecule has 5 rings (SSSR count). The number of hydrogen-bond donors (Lipinski definition) is 1. The number of hydrogen-bond acceptors (Lipinski definition) is 5. The molecule has 2 aliphatic rings. The monoisotopic (exact) mass is 388 g/mol. The molecule has 1 aromatic carbocycles. The second-order valence-corrected chi connectivity index (χ2v) is 7.76. The molecule has 0 unspecified atom stereocenters. The highest BCUT2D eigenvalue weighted by Gasteiger charge is 2.41. The van der Waals surface area contributed by atoms with Gasteiger partial charge in [0.25, 0.3) is 5.56 Å². The summed E-state index contributed by atoms with van der Waals surface area (Å²) in [5.41, 5.74) is 1.43. The van der Waals surface area contributed by atoms with E-state index in [0.717, 1.165) is 22.9 Å². The van der Waals surface area contributed by atoms with Crippen LogP contribution in [0.4, 0.5) is 0 Å². The Hall–Kier alpha value is -1.70. The first kappa shape index (κ1) is 14.6. The van der Waals surface area contributed by atoms with Crippen LogP contribution in [0.2, 0.25) is 0 Å². The minimum Gasteiger partial charge on any atom is -0.449 e. The topological polar surface area (TPSA) is 65.4 Å². The number of benzene rings is 1. The SMILES string of the molecule is CN1C[C@@H]2C[C@H]1CN2Cc1nc2c(oc3ccc(Br)cc32)c(=O)[nH]1. The molecule has 2 saturated heterocycles. The first-order chi connectivity index (χ1) is 11.6. The van der Waals surface area contributed by atoms with E-state index < -0.39 is 0 Å². The second kappa shape index (κ2) is 5.15. The van der Waals surface area contributed by atoms with Crippen molar-refractivity contribution >= 4 is 38.0 Å². The van der Waals surface area contributed by atoms with Crippen molar-refractivity contribution in [3.05, 3.63) is 38.9 Å². The minimum absolute atomic E-state index is 0.205. The number of likely N-dealkylation sites (N-methyl/N-ethyl adjacent to an activating group) is 1. The van der Waals surface area contributed by atoms with Crippen molar-refractivity contribution in [2.24, 2.45) is 0 Å². The van der Waals surface area contributed by atoms with Gasteiger partial charge in [-0.05, 0) is 31.7 Å². The minimum atomic E-state index is -0.205. The lowest BCUT2D eigenvalue weighted by Gasteiger charge is -2.31. The molecule has 0 aliphatic carbocycles. The van der Waals surface area contributed by atoms with Gasteiger partial charge in [-0.2, -0.15) is 0 Å². The number of nitrogens with one attached hydrogen (secondary N) is 1. The van der Waals surface area contributed by atoms with Gasteiger partial charge in [0.1, 0.15) is 16.9 Å². The molecule has 3 aromatic rings. The van der Waals surface area contributed by atoms with Gasteiger partial charge in [-0.25, -0.2) is 4.98 Å². The average Bonchev–Trinajstić information content (AvgIpc) is 3.20. The number of piperazine rings is 1. The molecule has 0 spiro atoms. The normalized spacial score (nSPS) is 24.6. The van der Waals surface area contributed by atoms with Crippen molar-refractivity contribution in [3.63, 3.8) is 0 Å². The molecule has 24 heavy (non-hydrogen) atoms. The van der Waals surface area contributed by atoms with Gasteiger partial charge >= 0.3 is 0 Å². The van der Waals surface area contributed by atoms with Gasteiger partial charge in [-0.1, -0.05) is 15.9 Å². The third kappa shape index (κ3) is 2.15. The first-order valence-electron chi connectivity index (χ1n) is 8.14. The number of furan rings is 1. The number of aromatic amines is 1. The molecule has 0 amide bonds. The molecule has 2 bridgehead atoms. The first-order valence-corrected chi connectivity index (χ1v) is 8.93. The van der Waals surface area contributed by atoms with Crippen molar-refractivity contribution in [1.82, 2.24) is 19.8 Å². The average molecular weight is 389 g/mol. The van der Waals surface area contributed by atoms with Crippen LogP contribution in [0.15, 0.2) is 31.9 Å². The molecule has 6 nitrogen and oxygen atoms in total. The summed E-state index contributed by atoms with van der Waals surface area (Å²) in [5, 5.41) is 0.870. The van der Waals surface area contributed by atoms with Crippen LogP contribution in [0.5, 0.6) is 0 Å². The summed E-state index contributed by atoms with van der Waals surface area (Å²) in [6, 6.07) is 6.91. The van der Waals surface area contributed by atoms with Crippen LogP contribution in [0.3, 0.4) is 0 Å². The molecule has 1 N–H and O–H groups in total. The Morgan fingerprint density at radius 2 is 2.25 bits per heavy atom. The zero-order valence-electron chi connectivity index (χ0n) is 13.3. The molecule has 124 valence electrons. The van der Waals surface area contributed by atoms with Crippen LogP contribution in [-0.4, -0.2) is 52.0 Å². The van der Waals surface area contributed by atoms with Crippen molar-refractivity contribution in [1.29, 1.82) is 0 Å². The summed E-state index contributed by atoms with van der Waals surface area (Å²) in [6.07, 6.45) is 1.21. The van der Waals surface area contributed by atoms with Crippen molar-refractivity contribution in [3.8, 4) is 0 Å². The molecule has 0 radical (unpaired) electrons. The Kier molecular flexibility index (Phi) is 3.14. The van der Waals surface area contributed by atoms with Crippen molar-refractivity contribution in [2.45, 2.75) is 25.0 Å². The number of fused-ring (bicyclic) bond motifs is 5. The molecule has 0 saturated carbocycles. The lowest BCUT2D eigenvalue weighted by atomic mass is 10.2. The highest BCUT2D eigenvalue weighted by molar-refractivity contribution is 9.10. The summed E-state index contributed by atoms with van der Waals surface area (Å²) in [5.74, 6) is 0.713. The van der Waals surface area contributed by atoms with E-state index in [1.807, 2.05) is 18.2 Å². The summed E-state index contributed by atoms with van der Waals surface area (Å²) in [4.78, 5) is 24.9. The third-order valence-corrected chi connectivity index (χ3v) is 5.81. The molecular formula is C17H17BrN4O2. The van der Waals surface area contributed by atoms with Crippen LogP contribution < -0.4 is 5.56 Å². The largest absolute Gasteiger partial charge is 0.449 e. The molecular weight excluding hydrogens is 372 g/mol. The van der Waals surface area contributed by atoms with Crippen LogP contribution >= 0.6 is 15.9 Å². The Morgan fingerprint density at radius 3 is 3.00 bits per heavy atom. The molecule has 2 aliphatic heterocycles. The molecule has 2 atom stereocenters. The van der Waals surface area contributed by atoms with E-state index >= 15 is 0 Å². The summed E-state index contributed by atoms with van der Waals surface area (Å²) >= 11 is 3.47. The van der Waals surface area contributed by atoms with Gasteiger partial charge in [-0.15, -0.1) is 0 Å². The van der Waals surface area contributed by atoms with E-state index in [1.54, 1.807) is 0 Å². The summed E-state index contributed by atoms with van der Waals surface area (Å²) in [7, 11) is 2.18. The fraction of sp³-hybridized carbons (Fsp3) is 0.412. The Morgan fingerprint density at radius 1 is 1.38 bits per heavy atom. The van der Waals surface area contributed by atoms with Gasteiger partial charge in [0.05, 0.1) is 6.54 Å². The third-order valence-electron chi connectivity index (χ3n) is 5.32. The maximum Gasteiger partial charge on any atom is 0.294 e. The lowest BCUT2D eigenvalue weighted by molar-refractivity contribution is 0.141. The fourth-order valence-corrected chi connectivity index (χ4v) is 4.44. The Balaban J connectivity index is 1.56. The molecule has 4 heterocycles. The molecule has 2 aromatic heterocycles. The predicted molar refractivity (Wildman–Crippen MR) is 95.1 cm³/mol. The van der Waals surface area contributed by atoms with Crippen LogP contribution in [-0.2, 0) is 6.54 Å². The van der Waals surface area contributed by atoms with E-state index in [1.165, 1.54) is 6.42 Å². The van der Waals surface area contributed by atoms with E-state index in [2.05, 4.69) is 37.8 Å². The number of nitrogens with zero attached hydrogens (tertiary/aromatic N) is 3. The molecule has 2 fully saturated rings. The maximum absolute atomic E-state index is 12.4. The molecule has 7 heteroatoms. The highest BCUT2D eigenvalue weighted by atomic mass is 79.9. The van der Waals surface area contributed by atoms with Crippen LogP contribution in [0.25, 0.3) is 22.1 Å². The number of aromatic nitrogens is 2. The zero-order valence-corrected chi connectivity index (χ0v) is 14.8. The van der Waals surface area contributed by atoms with Gasteiger partial charge in [0.2, 0.25) is 5.58 Å². The van der Waals surface area contributed by atoms with E-state index in [0.29, 0.717) is 41.1 Å². The van der Waals surface area contributed by atoms with E-state index in [9.17, 15) is 4.79 Å².